The van der Waals surface area contributed by atoms with Gasteiger partial charge in [-0.15, -0.1) is 0 Å². The molecule has 2 aromatic rings. The van der Waals surface area contributed by atoms with Gasteiger partial charge in [-0.05, 0) is 36.4 Å². The summed E-state index contributed by atoms with van der Waals surface area (Å²) in [5.74, 6) is 0.130. The first-order chi connectivity index (χ1) is 8.60. The molecule has 3 N–H and O–H groups in total. The van der Waals surface area contributed by atoms with Crippen LogP contribution in [0.25, 0.3) is 0 Å². The smallest absolute Gasteiger partial charge is 0.148 e. The molecular formula is C13H12ClFN2O. The van der Waals surface area contributed by atoms with Crippen molar-refractivity contribution < 1.29 is 9.13 Å². The van der Waals surface area contributed by atoms with Crippen molar-refractivity contribution in [3.63, 3.8) is 0 Å². The van der Waals surface area contributed by atoms with Crippen LogP contribution in [0.3, 0.4) is 0 Å². The van der Waals surface area contributed by atoms with E-state index in [-0.39, 0.29) is 5.69 Å². The minimum Gasteiger partial charge on any atom is -0.495 e. The van der Waals surface area contributed by atoms with Gasteiger partial charge in [0.1, 0.15) is 11.6 Å². The Morgan fingerprint density at radius 3 is 2.44 bits per heavy atom. The molecule has 0 fully saturated rings. The lowest BCUT2D eigenvalue weighted by atomic mass is 10.2. The van der Waals surface area contributed by atoms with Gasteiger partial charge in [0.15, 0.2) is 0 Å². The van der Waals surface area contributed by atoms with Crippen molar-refractivity contribution >= 4 is 28.7 Å². The summed E-state index contributed by atoms with van der Waals surface area (Å²) in [5, 5.41) is 3.51. The second-order valence-electron chi connectivity index (χ2n) is 3.71. The number of benzene rings is 2. The van der Waals surface area contributed by atoms with Gasteiger partial charge in [0.05, 0.1) is 17.8 Å². The number of anilines is 3. The molecule has 0 unspecified atom stereocenters. The van der Waals surface area contributed by atoms with Crippen LogP contribution in [0.1, 0.15) is 0 Å². The number of hydrogen-bond donors (Lipinski definition) is 2. The van der Waals surface area contributed by atoms with E-state index in [2.05, 4.69) is 5.32 Å². The monoisotopic (exact) mass is 266 g/mol. The van der Waals surface area contributed by atoms with Crippen LogP contribution in [0, 0.1) is 5.82 Å². The Labute approximate surface area is 109 Å². The van der Waals surface area contributed by atoms with E-state index in [1.54, 1.807) is 31.4 Å². The average Bonchev–Trinajstić information content (AvgIpc) is 2.34. The zero-order valence-electron chi connectivity index (χ0n) is 9.71. The number of halogens is 2. The molecule has 0 spiro atoms. The van der Waals surface area contributed by atoms with E-state index in [4.69, 9.17) is 22.1 Å². The second kappa shape index (κ2) is 5.14. The van der Waals surface area contributed by atoms with Crippen molar-refractivity contribution in [3.8, 4) is 5.75 Å². The van der Waals surface area contributed by atoms with Crippen LogP contribution in [-0.2, 0) is 0 Å². The summed E-state index contributed by atoms with van der Waals surface area (Å²) in [6.07, 6.45) is 0. The largest absolute Gasteiger partial charge is 0.495 e. The van der Waals surface area contributed by atoms with Crippen LogP contribution in [-0.4, -0.2) is 7.11 Å². The summed E-state index contributed by atoms with van der Waals surface area (Å²) in [4.78, 5) is 0. The predicted octanol–water partition coefficient (Wildman–Crippen LogP) is 3.81. The number of nitrogen functional groups attached to an aromatic ring is 1. The molecular weight excluding hydrogens is 255 g/mol. The first-order valence-corrected chi connectivity index (χ1v) is 5.63. The lowest BCUT2D eigenvalue weighted by Gasteiger charge is -2.09. The zero-order chi connectivity index (χ0) is 13.1. The minimum absolute atomic E-state index is 0.119. The maximum Gasteiger partial charge on any atom is 0.148 e. The first-order valence-electron chi connectivity index (χ1n) is 5.26. The summed E-state index contributed by atoms with van der Waals surface area (Å²) in [5.41, 5.74) is 6.86. The van der Waals surface area contributed by atoms with Gasteiger partial charge in [0.25, 0.3) is 0 Å². The molecule has 0 saturated carbocycles. The van der Waals surface area contributed by atoms with Crippen molar-refractivity contribution in [2.24, 2.45) is 0 Å². The molecule has 0 heterocycles. The zero-order valence-corrected chi connectivity index (χ0v) is 10.5. The van der Waals surface area contributed by atoms with E-state index >= 15 is 0 Å². The third-order valence-electron chi connectivity index (χ3n) is 2.44. The van der Waals surface area contributed by atoms with Crippen LogP contribution < -0.4 is 15.8 Å². The predicted molar refractivity (Wildman–Crippen MR) is 72.1 cm³/mol. The highest BCUT2D eigenvalue weighted by atomic mass is 35.5. The first kappa shape index (κ1) is 12.5. The highest BCUT2D eigenvalue weighted by molar-refractivity contribution is 6.32. The quantitative estimate of drug-likeness (QED) is 0.831. The molecule has 0 saturated heterocycles. The van der Waals surface area contributed by atoms with E-state index < -0.39 is 5.82 Å². The normalized spacial score (nSPS) is 10.2. The van der Waals surface area contributed by atoms with Crippen molar-refractivity contribution in [1.82, 2.24) is 0 Å². The Kier molecular flexibility index (Phi) is 3.58. The maximum absolute atomic E-state index is 13.3. The van der Waals surface area contributed by atoms with Crippen molar-refractivity contribution in [1.29, 1.82) is 0 Å². The van der Waals surface area contributed by atoms with Crippen molar-refractivity contribution in [2.75, 3.05) is 18.2 Å². The molecule has 2 aromatic carbocycles. The Morgan fingerprint density at radius 1 is 1.17 bits per heavy atom. The number of nitrogens with two attached hydrogens (primary N) is 1. The van der Waals surface area contributed by atoms with E-state index in [9.17, 15) is 4.39 Å². The number of nitrogens with one attached hydrogen (secondary N) is 1. The molecule has 0 aliphatic rings. The van der Waals surface area contributed by atoms with Crippen LogP contribution in [0.4, 0.5) is 21.5 Å². The molecule has 5 heteroatoms. The molecule has 94 valence electrons. The SMILES string of the molecule is COc1ccc(Nc2ccc(N)c(F)c2)cc1Cl. The Morgan fingerprint density at radius 2 is 1.83 bits per heavy atom. The number of methoxy groups -OCH3 is 1. The summed E-state index contributed by atoms with van der Waals surface area (Å²) in [6.45, 7) is 0. The summed E-state index contributed by atoms with van der Waals surface area (Å²) < 4.78 is 18.3. The molecule has 0 radical (unpaired) electrons. The molecule has 0 aliphatic heterocycles. The summed E-state index contributed by atoms with van der Waals surface area (Å²) >= 11 is 5.99. The summed E-state index contributed by atoms with van der Waals surface area (Å²) in [6, 6.07) is 9.75. The highest BCUT2D eigenvalue weighted by Crippen LogP contribution is 2.29. The molecule has 0 aliphatic carbocycles. The molecule has 2 rings (SSSR count). The second-order valence-corrected chi connectivity index (χ2v) is 4.12. The van der Waals surface area contributed by atoms with Gasteiger partial charge in [-0.3, -0.25) is 0 Å². The number of ether oxygens (including phenoxy) is 1. The van der Waals surface area contributed by atoms with Crippen molar-refractivity contribution in [3.05, 3.63) is 47.2 Å². The van der Waals surface area contributed by atoms with Gasteiger partial charge in [-0.1, -0.05) is 11.6 Å². The third-order valence-corrected chi connectivity index (χ3v) is 2.74. The van der Waals surface area contributed by atoms with Gasteiger partial charge in [0, 0.05) is 11.4 Å². The van der Waals surface area contributed by atoms with Gasteiger partial charge in [-0.2, -0.15) is 0 Å². The number of hydrogen-bond acceptors (Lipinski definition) is 3. The molecule has 0 atom stereocenters. The van der Waals surface area contributed by atoms with Crippen LogP contribution in [0.15, 0.2) is 36.4 Å². The molecule has 3 nitrogen and oxygen atoms in total. The van der Waals surface area contributed by atoms with E-state index in [0.29, 0.717) is 16.5 Å². The van der Waals surface area contributed by atoms with Crippen LogP contribution in [0.2, 0.25) is 5.02 Å². The fourth-order valence-corrected chi connectivity index (χ4v) is 1.77. The Bertz CT molecular complexity index is 575. The van der Waals surface area contributed by atoms with Gasteiger partial charge < -0.3 is 15.8 Å². The maximum atomic E-state index is 13.3. The molecule has 0 amide bonds. The van der Waals surface area contributed by atoms with Gasteiger partial charge in [-0.25, -0.2) is 4.39 Å². The van der Waals surface area contributed by atoms with Crippen LogP contribution >= 0.6 is 11.6 Å². The topological polar surface area (TPSA) is 47.3 Å². The standard InChI is InChI=1S/C13H12ClFN2O/c1-18-13-5-3-8(6-10(13)14)17-9-2-4-12(16)11(15)7-9/h2-7,17H,16H2,1H3. The number of rotatable bonds is 3. The lowest BCUT2D eigenvalue weighted by Crippen LogP contribution is -1.95. The summed E-state index contributed by atoms with van der Waals surface area (Å²) in [7, 11) is 1.55. The van der Waals surface area contributed by atoms with E-state index in [0.717, 1.165) is 5.69 Å². The lowest BCUT2D eigenvalue weighted by molar-refractivity contribution is 0.415. The van der Waals surface area contributed by atoms with Crippen molar-refractivity contribution in [2.45, 2.75) is 0 Å². The Balaban J connectivity index is 2.23. The van der Waals surface area contributed by atoms with E-state index in [1.807, 2.05) is 0 Å². The highest BCUT2D eigenvalue weighted by Gasteiger charge is 2.04. The average molecular weight is 267 g/mol. The minimum atomic E-state index is -0.459. The van der Waals surface area contributed by atoms with E-state index in [1.165, 1.54) is 12.1 Å². The fraction of sp³-hybridized carbons (Fsp3) is 0.0769. The van der Waals surface area contributed by atoms with Gasteiger partial charge >= 0.3 is 0 Å². The third kappa shape index (κ3) is 2.65. The van der Waals surface area contributed by atoms with Gasteiger partial charge in [0.2, 0.25) is 0 Å². The van der Waals surface area contributed by atoms with Crippen LogP contribution in [0.5, 0.6) is 5.75 Å². The molecule has 18 heavy (non-hydrogen) atoms. The molecule has 0 bridgehead atoms. The fourth-order valence-electron chi connectivity index (χ4n) is 1.52. The Hall–Kier alpha value is -1.94. The molecule has 0 aromatic heterocycles.